The van der Waals surface area contributed by atoms with Gasteiger partial charge in [-0.2, -0.15) is 13.2 Å². The first-order valence-corrected chi connectivity index (χ1v) is 11.5. The molecule has 0 saturated carbocycles. The maximum absolute atomic E-state index is 13.8. The van der Waals surface area contributed by atoms with Gasteiger partial charge in [0.2, 0.25) is 0 Å². The first-order valence-electron chi connectivity index (χ1n) is 10.5. The Bertz CT molecular complexity index is 1230. The molecule has 0 bridgehead atoms. The smallest absolute Gasteiger partial charge is 0.418 e. The molecule has 4 rings (SSSR count). The van der Waals surface area contributed by atoms with Gasteiger partial charge in [0.05, 0.1) is 17.9 Å². The predicted molar refractivity (Wildman–Crippen MR) is 125 cm³/mol. The molecule has 0 aliphatic rings. The molecule has 0 aliphatic heterocycles. The van der Waals surface area contributed by atoms with Gasteiger partial charge in [0.15, 0.2) is 11.0 Å². The fourth-order valence-electron chi connectivity index (χ4n) is 3.44. The summed E-state index contributed by atoms with van der Waals surface area (Å²) in [7, 11) is 1.56. The quantitative estimate of drug-likeness (QED) is 0.207. The molecule has 0 saturated heterocycles. The highest BCUT2D eigenvalue weighted by molar-refractivity contribution is 7.99. The molecule has 0 radical (unpaired) electrons. The van der Waals surface area contributed by atoms with Gasteiger partial charge in [-0.3, -0.25) is 4.57 Å². The largest absolute Gasteiger partial charge is 0.485 e. The molecule has 1 heterocycles. The summed E-state index contributed by atoms with van der Waals surface area (Å²) < 4.78 is 53.9. The van der Waals surface area contributed by atoms with Crippen LogP contribution in [0.15, 0.2) is 84.0 Å². The molecular formula is C25H22F3N3O2S. The van der Waals surface area contributed by atoms with Gasteiger partial charge in [-0.05, 0) is 23.8 Å². The number of alkyl halides is 3. The van der Waals surface area contributed by atoms with Crippen LogP contribution in [0.3, 0.4) is 0 Å². The van der Waals surface area contributed by atoms with E-state index in [-0.39, 0.29) is 18.1 Å². The number of nitrogens with zero attached hydrogens (tertiary/aromatic N) is 3. The predicted octanol–water partition coefficient (Wildman–Crippen LogP) is 6.27. The van der Waals surface area contributed by atoms with Crippen LogP contribution in [0.1, 0.15) is 11.4 Å². The van der Waals surface area contributed by atoms with Crippen LogP contribution >= 0.6 is 11.8 Å². The summed E-state index contributed by atoms with van der Waals surface area (Å²) in [4.78, 5) is 0. The maximum atomic E-state index is 13.8. The van der Waals surface area contributed by atoms with Crippen LogP contribution in [0.4, 0.5) is 13.2 Å². The van der Waals surface area contributed by atoms with Gasteiger partial charge >= 0.3 is 6.18 Å². The molecule has 0 atom stereocenters. The number of hydrogen-bond acceptors (Lipinski definition) is 5. The lowest BCUT2D eigenvalue weighted by atomic mass is 10.1. The van der Waals surface area contributed by atoms with Crippen LogP contribution in [0.25, 0.3) is 16.8 Å². The normalized spacial score (nSPS) is 11.5. The van der Waals surface area contributed by atoms with Crippen LogP contribution in [0, 0.1) is 0 Å². The molecule has 9 heteroatoms. The van der Waals surface area contributed by atoms with Crippen molar-refractivity contribution in [2.45, 2.75) is 17.9 Å². The third-order valence-corrected chi connectivity index (χ3v) is 5.89. The van der Waals surface area contributed by atoms with E-state index in [1.165, 1.54) is 28.5 Å². The zero-order chi connectivity index (χ0) is 24.0. The van der Waals surface area contributed by atoms with Gasteiger partial charge in [-0.25, -0.2) is 0 Å². The molecule has 34 heavy (non-hydrogen) atoms. The number of hydrogen-bond donors (Lipinski definition) is 0. The van der Waals surface area contributed by atoms with Crippen molar-refractivity contribution in [2.24, 2.45) is 0 Å². The van der Waals surface area contributed by atoms with E-state index in [9.17, 15) is 13.2 Å². The Labute approximate surface area is 199 Å². The van der Waals surface area contributed by atoms with E-state index in [1.54, 1.807) is 13.2 Å². The minimum Gasteiger partial charge on any atom is -0.485 e. The van der Waals surface area contributed by atoms with Crippen LogP contribution in [0.5, 0.6) is 5.75 Å². The highest BCUT2D eigenvalue weighted by Crippen LogP contribution is 2.36. The summed E-state index contributed by atoms with van der Waals surface area (Å²) >= 11 is 1.27. The lowest BCUT2D eigenvalue weighted by molar-refractivity contribution is -0.137. The molecule has 0 unspecified atom stereocenters. The van der Waals surface area contributed by atoms with Gasteiger partial charge in [0.1, 0.15) is 12.4 Å². The van der Waals surface area contributed by atoms with Crippen molar-refractivity contribution in [2.75, 3.05) is 19.5 Å². The van der Waals surface area contributed by atoms with E-state index in [2.05, 4.69) is 10.2 Å². The summed E-state index contributed by atoms with van der Waals surface area (Å²) in [6, 6.07) is 22.6. The molecule has 5 nitrogen and oxygen atoms in total. The van der Waals surface area contributed by atoms with Crippen LogP contribution in [-0.4, -0.2) is 34.2 Å². The Morgan fingerprint density at radius 3 is 2.35 bits per heavy atom. The van der Waals surface area contributed by atoms with E-state index in [0.717, 1.165) is 17.2 Å². The molecule has 0 N–H and O–H groups in total. The lowest BCUT2D eigenvalue weighted by Crippen LogP contribution is -2.14. The summed E-state index contributed by atoms with van der Waals surface area (Å²) in [5.74, 6) is 1.38. The molecule has 3 aromatic carbocycles. The van der Waals surface area contributed by atoms with Gasteiger partial charge in [0.25, 0.3) is 0 Å². The Kier molecular flexibility index (Phi) is 7.54. The highest BCUT2D eigenvalue weighted by Gasteiger charge is 2.35. The number of ether oxygens (including phenoxy) is 2. The molecule has 176 valence electrons. The Hall–Kier alpha value is -3.30. The monoisotopic (exact) mass is 485 g/mol. The second kappa shape index (κ2) is 10.8. The van der Waals surface area contributed by atoms with E-state index >= 15 is 0 Å². The summed E-state index contributed by atoms with van der Waals surface area (Å²) in [6.07, 6.45) is -4.53. The highest BCUT2D eigenvalue weighted by atomic mass is 32.2. The number of rotatable bonds is 9. The number of para-hydroxylation sites is 2. The number of methoxy groups -OCH3 is 1. The SMILES string of the molecule is COCCSc1nnc(COc2ccccc2-c2ccccc2)n1-c1ccccc1C(F)(F)F. The molecule has 4 aromatic rings. The van der Waals surface area contributed by atoms with Crippen LogP contribution in [-0.2, 0) is 17.5 Å². The number of aromatic nitrogens is 3. The van der Waals surface area contributed by atoms with E-state index < -0.39 is 11.7 Å². The van der Waals surface area contributed by atoms with Crippen molar-refractivity contribution in [1.29, 1.82) is 0 Å². The molecule has 0 spiro atoms. The maximum Gasteiger partial charge on any atom is 0.418 e. The first kappa shape index (κ1) is 23.8. The third-order valence-electron chi connectivity index (χ3n) is 5.00. The zero-order valence-corrected chi connectivity index (χ0v) is 19.1. The standard InChI is InChI=1S/C25H22F3N3O2S/c1-32-15-16-34-24-30-29-23(31(24)21-13-7-6-12-20(21)25(26,27)28)17-33-22-14-8-5-11-19(22)18-9-3-2-4-10-18/h2-14H,15-17H2,1H3. The Morgan fingerprint density at radius 2 is 1.59 bits per heavy atom. The van der Waals surface area contributed by atoms with Gasteiger partial charge in [-0.1, -0.05) is 72.4 Å². The van der Waals surface area contributed by atoms with Gasteiger partial charge < -0.3 is 9.47 Å². The Balaban J connectivity index is 1.70. The van der Waals surface area contributed by atoms with Crippen molar-refractivity contribution in [3.63, 3.8) is 0 Å². The van der Waals surface area contributed by atoms with Crippen LogP contribution in [0.2, 0.25) is 0 Å². The average molecular weight is 486 g/mol. The van der Waals surface area contributed by atoms with Gasteiger partial charge in [-0.15, -0.1) is 10.2 Å². The molecular weight excluding hydrogens is 463 g/mol. The van der Waals surface area contributed by atoms with E-state index in [0.29, 0.717) is 23.3 Å². The second-order valence-corrected chi connectivity index (χ2v) is 8.30. The average Bonchev–Trinajstić information content (AvgIpc) is 3.25. The van der Waals surface area contributed by atoms with E-state index in [1.807, 2.05) is 54.6 Å². The summed E-state index contributed by atoms with van der Waals surface area (Å²) in [5, 5.41) is 8.66. The van der Waals surface area contributed by atoms with Crippen molar-refractivity contribution in [3.05, 3.63) is 90.3 Å². The lowest BCUT2D eigenvalue weighted by Gasteiger charge is -2.17. The van der Waals surface area contributed by atoms with E-state index in [4.69, 9.17) is 9.47 Å². The topological polar surface area (TPSA) is 49.2 Å². The molecule has 1 aromatic heterocycles. The summed E-state index contributed by atoms with van der Waals surface area (Å²) in [6.45, 7) is 0.364. The number of benzene rings is 3. The zero-order valence-electron chi connectivity index (χ0n) is 18.3. The third kappa shape index (κ3) is 5.43. The van der Waals surface area contributed by atoms with Crippen molar-refractivity contribution in [3.8, 4) is 22.6 Å². The van der Waals surface area contributed by atoms with Crippen molar-refractivity contribution < 1.29 is 22.6 Å². The molecule has 0 amide bonds. The first-order chi connectivity index (χ1) is 16.5. The molecule has 0 fully saturated rings. The summed E-state index contributed by atoms with van der Waals surface area (Å²) in [5.41, 5.74) is 1.03. The minimum absolute atomic E-state index is 0.0464. The Morgan fingerprint density at radius 1 is 0.882 bits per heavy atom. The van der Waals surface area contributed by atoms with Crippen LogP contribution < -0.4 is 4.74 Å². The van der Waals surface area contributed by atoms with Crippen molar-refractivity contribution >= 4 is 11.8 Å². The minimum atomic E-state index is -4.53. The molecule has 0 aliphatic carbocycles. The second-order valence-electron chi connectivity index (χ2n) is 7.24. The van der Waals surface area contributed by atoms with Crippen molar-refractivity contribution in [1.82, 2.24) is 14.8 Å². The number of halogens is 3. The fraction of sp³-hybridized carbons (Fsp3) is 0.200. The van der Waals surface area contributed by atoms with Gasteiger partial charge in [0, 0.05) is 18.4 Å². The fourth-order valence-corrected chi connectivity index (χ4v) is 4.31. The number of thioether (sulfide) groups is 1.